The van der Waals surface area contributed by atoms with Crippen molar-refractivity contribution >= 4 is 5.78 Å². The Hall–Kier alpha value is -0.330. The zero-order valence-corrected chi connectivity index (χ0v) is 4.44. The number of ketones is 1. The van der Waals surface area contributed by atoms with E-state index in [9.17, 15) is 4.79 Å². The third kappa shape index (κ3) is 1.30. The lowest BCUT2D eigenvalue weighted by atomic mass is 10.2. The Kier molecular flexibility index (Phi) is 1.45. The van der Waals surface area contributed by atoms with Crippen LogP contribution < -0.4 is 0 Å². The summed E-state index contributed by atoms with van der Waals surface area (Å²) in [5, 5.41) is 0. The molecular weight excluding hydrogens is 90.1 g/mol. The van der Waals surface area contributed by atoms with Gasteiger partial charge in [-0.15, -0.1) is 0 Å². The molecule has 0 spiro atoms. The van der Waals surface area contributed by atoms with Crippen molar-refractivity contribution in [2.24, 2.45) is 0 Å². The van der Waals surface area contributed by atoms with Gasteiger partial charge in [-0.1, -0.05) is 6.42 Å². The van der Waals surface area contributed by atoms with Gasteiger partial charge in [-0.3, -0.25) is 4.79 Å². The van der Waals surface area contributed by atoms with E-state index >= 15 is 0 Å². The fraction of sp³-hybridized carbons (Fsp3) is 0.833. The van der Waals surface area contributed by atoms with E-state index < -0.39 is 0 Å². The number of rotatable bonds is 0. The highest BCUT2D eigenvalue weighted by Gasteiger charge is 2.05. The van der Waals surface area contributed by atoms with E-state index in [1.807, 2.05) is 0 Å². The van der Waals surface area contributed by atoms with Gasteiger partial charge in [-0.2, -0.15) is 0 Å². The fourth-order valence-corrected chi connectivity index (χ4v) is 0.946. The molecule has 0 amide bonds. The Morgan fingerprint density at radius 2 is 1.57 bits per heavy atom. The highest BCUT2D eigenvalue weighted by molar-refractivity contribution is 5.78. The largest absolute Gasteiger partial charge is 0.300 e. The summed E-state index contributed by atoms with van der Waals surface area (Å²) in [7, 11) is 0. The van der Waals surface area contributed by atoms with Crippen LogP contribution in [0.4, 0.5) is 0 Å². The minimum absolute atomic E-state index is 0.464. The van der Waals surface area contributed by atoms with Gasteiger partial charge in [-0.05, 0) is 12.8 Å². The summed E-state index contributed by atoms with van der Waals surface area (Å²) in [4.78, 5) is 10.5. The van der Waals surface area contributed by atoms with Crippen molar-refractivity contribution in [2.45, 2.75) is 32.1 Å². The maximum Gasteiger partial charge on any atom is 0.132 e. The molecule has 0 N–H and O–H groups in total. The Bertz CT molecular complexity index is 68.2. The lowest BCUT2D eigenvalue weighted by molar-refractivity contribution is -0.120. The van der Waals surface area contributed by atoms with Gasteiger partial charge in [0, 0.05) is 12.8 Å². The molecule has 40 valence electrons. The third-order valence-corrected chi connectivity index (χ3v) is 1.41. The van der Waals surface area contributed by atoms with Crippen LogP contribution in [-0.4, -0.2) is 5.78 Å². The number of carbonyl (C=O) groups is 1. The smallest absolute Gasteiger partial charge is 0.132 e. The highest BCUT2D eigenvalue weighted by Crippen LogP contribution is 2.12. The van der Waals surface area contributed by atoms with Crippen molar-refractivity contribution < 1.29 is 4.79 Å². The van der Waals surface area contributed by atoms with Gasteiger partial charge in [0.15, 0.2) is 0 Å². The second-order valence-electron chi connectivity index (χ2n) is 2.10. The van der Waals surface area contributed by atoms with Crippen molar-refractivity contribution in [2.75, 3.05) is 0 Å². The van der Waals surface area contributed by atoms with Gasteiger partial charge < -0.3 is 0 Å². The molecule has 0 aromatic heterocycles. The van der Waals surface area contributed by atoms with Crippen molar-refractivity contribution in [3.63, 3.8) is 0 Å². The quantitative estimate of drug-likeness (QED) is 0.451. The number of Topliss-reactive ketones (excluding diaryl/α,β-unsaturated/α-hetero) is 1. The first-order chi connectivity index (χ1) is 3.39. The lowest BCUT2D eigenvalue weighted by Crippen LogP contribution is -2.02. The average Bonchev–Trinajstić information content (AvgIpc) is 1.69. The Balaban J connectivity index is 2.25. The topological polar surface area (TPSA) is 17.1 Å². The first-order valence-electron chi connectivity index (χ1n) is 2.91. The van der Waals surface area contributed by atoms with Gasteiger partial charge in [0.25, 0.3) is 0 Å². The molecule has 0 bridgehead atoms. The van der Waals surface area contributed by atoms with Crippen LogP contribution >= 0.6 is 0 Å². The number of hydrogen-bond donors (Lipinski definition) is 0. The third-order valence-electron chi connectivity index (χ3n) is 1.41. The SMILES string of the molecule is O=[14C]1CCCCC1. The summed E-state index contributed by atoms with van der Waals surface area (Å²) in [6.07, 6.45) is 5.24. The Morgan fingerprint density at radius 1 is 1.00 bits per heavy atom. The van der Waals surface area contributed by atoms with Crippen LogP contribution in [0.25, 0.3) is 0 Å². The standard InChI is InChI=1S/C6H10O/c7-6-4-2-1-3-5-6/h1-5H2/i6+2. The predicted octanol–water partition coefficient (Wildman–Crippen LogP) is 1.52. The summed E-state index contributed by atoms with van der Waals surface area (Å²) in [6.45, 7) is 0. The molecule has 1 nitrogen and oxygen atoms in total. The molecule has 1 aliphatic rings. The second kappa shape index (κ2) is 2.10. The maximum absolute atomic E-state index is 10.5. The van der Waals surface area contributed by atoms with Crippen LogP contribution in [0, 0.1) is 0 Å². The molecule has 1 heteroatoms. The molecule has 1 saturated carbocycles. The predicted molar refractivity (Wildman–Crippen MR) is 28.1 cm³/mol. The van der Waals surface area contributed by atoms with Gasteiger partial charge in [0.2, 0.25) is 0 Å². The maximum atomic E-state index is 10.5. The molecule has 0 aromatic carbocycles. The van der Waals surface area contributed by atoms with Crippen LogP contribution in [0.1, 0.15) is 32.1 Å². The monoisotopic (exact) mass is 100 g/mol. The molecule has 0 radical (unpaired) electrons. The van der Waals surface area contributed by atoms with E-state index in [2.05, 4.69) is 0 Å². The molecular formula is C6H10O. The van der Waals surface area contributed by atoms with E-state index in [1.165, 1.54) is 6.42 Å². The summed E-state index contributed by atoms with van der Waals surface area (Å²) < 4.78 is 0. The molecule has 1 fully saturated rings. The summed E-state index contributed by atoms with van der Waals surface area (Å²) in [6, 6.07) is 0. The van der Waals surface area contributed by atoms with Gasteiger partial charge in [0.05, 0.1) is 0 Å². The van der Waals surface area contributed by atoms with Gasteiger partial charge >= 0.3 is 0 Å². The van der Waals surface area contributed by atoms with Crippen LogP contribution in [0.2, 0.25) is 0 Å². The summed E-state index contributed by atoms with van der Waals surface area (Å²) in [5.41, 5.74) is 0. The van der Waals surface area contributed by atoms with Gasteiger partial charge in [-0.25, -0.2) is 0 Å². The molecule has 1 rings (SSSR count). The van der Waals surface area contributed by atoms with Crippen LogP contribution in [0.3, 0.4) is 0 Å². The summed E-state index contributed by atoms with van der Waals surface area (Å²) in [5.74, 6) is 0.464. The number of hydrogen-bond acceptors (Lipinski definition) is 1. The van der Waals surface area contributed by atoms with Crippen LogP contribution in [0.5, 0.6) is 0 Å². The minimum Gasteiger partial charge on any atom is -0.300 e. The van der Waals surface area contributed by atoms with Crippen molar-refractivity contribution in [1.29, 1.82) is 0 Å². The molecule has 0 aliphatic heterocycles. The van der Waals surface area contributed by atoms with E-state index in [1.54, 1.807) is 0 Å². The summed E-state index contributed by atoms with van der Waals surface area (Å²) >= 11 is 0. The van der Waals surface area contributed by atoms with Crippen LogP contribution in [-0.2, 0) is 4.79 Å². The molecule has 7 heavy (non-hydrogen) atoms. The Labute approximate surface area is 43.7 Å². The zero-order valence-electron chi connectivity index (χ0n) is 4.44. The van der Waals surface area contributed by atoms with Crippen molar-refractivity contribution in [3.05, 3.63) is 0 Å². The van der Waals surface area contributed by atoms with E-state index in [-0.39, 0.29) is 0 Å². The first-order valence-corrected chi connectivity index (χ1v) is 2.91. The molecule has 0 unspecified atom stereocenters. The average molecular weight is 100 g/mol. The molecule has 0 aromatic rings. The minimum atomic E-state index is 0.464. The first kappa shape index (κ1) is 4.82. The molecule has 1 aliphatic carbocycles. The van der Waals surface area contributed by atoms with Crippen molar-refractivity contribution in [1.82, 2.24) is 0 Å². The second-order valence-corrected chi connectivity index (χ2v) is 2.10. The lowest BCUT2D eigenvalue weighted by Gasteiger charge is -2.05. The molecule has 0 atom stereocenters. The number of carbonyl (C=O) groups excluding carboxylic acids is 1. The highest BCUT2D eigenvalue weighted by atomic mass is 16.3. The molecule has 0 saturated heterocycles. The van der Waals surface area contributed by atoms with E-state index in [4.69, 9.17) is 0 Å². The molecule has 0 heterocycles. The normalized spacial score (nSPS) is 22.6. The van der Waals surface area contributed by atoms with Crippen molar-refractivity contribution in [3.8, 4) is 0 Å². The fourth-order valence-electron chi connectivity index (χ4n) is 0.946. The van der Waals surface area contributed by atoms with E-state index in [0.29, 0.717) is 5.78 Å². The zero-order chi connectivity index (χ0) is 5.11. The Morgan fingerprint density at radius 3 is 1.86 bits per heavy atom. The van der Waals surface area contributed by atoms with Crippen LogP contribution in [0.15, 0.2) is 0 Å². The van der Waals surface area contributed by atoms with Gasteiger partial charge in [0.1, 0.15) is 5.78 Å². The van der Waals surface area contributed by atoms with E-state index in [0.717, 1.165) is 25.7 Å².